The monoisotopic (exact) mass is 475 g/mol. The summed E-state index contributed by atoms with van der Waals surface area (Å²) in [5.41, 5.74) is -5.53. The Morgan fingerprint density at radius 2 is 0.903 bits per heavy atom. The molecule has 0 aliphatic heterocycles. The summed E-state index contributed by atoms with van der Waals surface area (Å²) in [5, 5.41) is 0. The molecule has 3 aromatic carbocycles. The quantitative estimate of drug-likeness (QED) is 0.267. The van der Waals surface area contributed by atoms with Crippen molar-refractivity contribution in [3.05, 3.63) is 91.0 Å². The number of hydrogen-bond acceptors (Lipinski definition) is 5. The number of benzene rings is 3. The molecule has 6 nitrogen and oxygen atoms in total. The Bertz CT molecular complexity index is 931. The molecule has 3 aromatic rings. The van der Waals surface area contributed by atoms with Crippen LogP contribution in [-0.4, -0.2) is 25.1 Å². The van der Waals surface area contributed by atoms with Gasteiger partial charge in [-0.3, -0.25) is 18.1 Å². The third-order valence-corrected chi connectivity index (χ3v) is 5.55. The highest BCUT2D eigenvalue weighted by Crippen LogP contribution is 2.57. The van der Waals surface area contributed by atoms with Gasteiger partial charge >= 0.3 is 23.6 Å². The molecule has 3 rings (SSSR count). The zero-order valence-corrected chi connectivity index (χ0v) is 17.8. The zero-order chi connectivity index (χ0) is 23.0. The highest BCUT2D eigenvalue weighted by Gasteiger charge is 2.44. The summed E-state index contributed by atoms with van der Waals surface area (Å²) in [4.78, 5) is 0. The van der Waals surface area contributed by atoms with E-state index >= 15 is 0 Å². The van der Waals surface area contributed by atoms with E-state index in [-0.39, 0.29) is 0 Å². The van der Waals surface area contributed by atoms with Crippen molar-refractivity contribution in [3.8, 4) is 17.2 Å². The molecule has 0 aromatic heterocycles. The van der Waals surface area contributed by atoms with E-state index in [1.54, 1.807) is 0 Å². The molecule has 11 heteroatoms. The van der Waals surface area contributed by atoms with Crippen LogP contribution in [0.15, 0.2) is 91.0 Å². The van der Waals surface area contributed by atoms with Crippen LogP contribution in [0.4, 0.5) is 13.2 Å². The molecule has 0 unspecified atom stereocenters. The minimum Gasteiger partial charge on any atom is -0.279 e. The molecular weight excluding hydrogens is 456 g/mol. The maximum absolute atomic E-state index is 10.7. The van der Waals surface area contributed by atoms with Crippen LogP contribution in [0.25, 0.3) is 0 Å². The molecule has 0 saturated heterocycles. The van der Waals surface area contributed by atoms with Crippen molar-refractivity contribution in [1.29, 1.82) is 0 Å². The van der Waals surface area contributed by atoms with E-state index in [0.717, 1.165) is 17.2 Å². The summed E-state index contributed by atoms with van der Waals surface area (Å²) in [5.74, 6) is 2.15. The molecule has 0 aliphatic rings. The van der Waals surface area contributed by atoms with Crippen molar-refractivity contribution < 1.29 is 39.7 Å². The molecule has 0 heterocycles. The summed E-state index contributed by atoms with van der Waals surface area (Å²) in [6, 6.07) is 28.7. The van der Waals surface area contributed by atoms with Gasteiger partial charge in [-0.25, -0.2) is 0 Å². The molecule has 0 saturated carbocycles. The van der Waals surface area contributed by atoms with Gasteiger partial charge in [0.2, 0.25) is 0 Å². The van der Waals surface area contributed by atoms with Crippen LogP contribution >= 0.6 is 7.94 Å². The maximum Gasteiger partial charge on any atom is 0.538 e. The van der Waals surface area contributed by atoms with E-state index in [1.165, 1.54) is 0 Å². The van der Waals surface area contributed by atoms with Gasteiger partial charge in [-0.15, -0.1) is 0 Å². The predicted molar refractivity (Wildman–Crippen MR) is 112 cm³/mol. The predicted octanol–water partition coefficient (Wildman–Crippen LogP) is 6.01. The van der Waals surface area contributed by atoms with Gasteiger partial charge < -0.3 is 0 Å². The Morgan fingerprint density at radius 3 is 1.10 bits per heavy atom. The Kier molecular flexibility index (Phi) is 8.27. The maximum atomic E-state index is 10.7. The van der Waals surface area contributed by atoms with E-state index in [9.17, 15) is 13.2 Å². The molecule has 1 N–H and O–H groups in total. The summed E-state index contributed by atoms with van der Waals surface area (Å²) >= 11 is 0. The van der Waals surface area contributed by atoms with Crippen molar-refractivity contribution >= 4 is 18.1 Å². The third kappa shape index (κ3) is 8.45. The van der Waals surface area contributed by atoms with Crippen molar-refractivity contribution in [2.45, 2.75) is 5.51 Å². The minimum absolute atomic E-state index is 0.718. The molecule has 0 radical (unpaired) electrons. The second kappa shape index (κ2) is 10.5. The number of para-hydroxylation sites is 3. The van der Waals surface area contributed by atoms with Crippen LogP contribution in [-0.2, 0) is 10.1 Å². The van der Waals surface area contributed by atoms with Crippen LogP contribution in [0, 0.1) is 0 Å². The highest BCUT2D eigenvalue weighted by molar-refractivity contribution is 7.86. The van der Waals surface area contributed by atoms with E-state index in [2.05, 4.69) is 0 Å². The molecule has 0 spiro atoms. The van der Waals surface area contributed by atoms with Gasteiger partial charge in [-0.2, -0.15) is 21.6 Å². The van der Waals surface area contributed by atoms with Crippen LogP contribution in [0.1, 0.15) is 0 Å². The van der Waals surface area contributed by atoms with Gasteiger partial charge in [0.25, 0.3) is 0 Å². The summed E-state index contributed by atoms with van der Waals surface area (Å²) in [7, 11) is -8.48. The van der Waals surface area contributed by atoms with Gasteiger partial charge in [-0.1, -0.05) is 54.6 Å². The number of rotatable bonds is 6. The second-order valence-corrected chi connectivity index (χ2v) is 9.41. The average molecular weight is 475 g/mol. The van der Waals surface area contributed by atoms with Gasteiger partial charge in [0.15, 0.2) is 23.9 Å². The number of alkyl halides is 3. The first-order valence-electron chi connectivity index (χ1n) is 8.63. The molecule has 0 fully saturated rings. The first-order valence-corrected chi connectivity index (χ1v) is 12.1. The highest BCUT2D eigenvalue weighted by atomic mass is 32.2. The van der Waals surface area contributed by atoms with E-state index < -0.39 is 23.6 Å². The minimum atomic E-state index is -5.84. The SMILES string of the molecule is C[P+](Oc1ccccc1)(Oc1ccccc1)Oc1ccccc1.O=S(=O)(O)C(F)(F)F. The topological polar surface area (TPSA) is 82.1 Å². The van der Waals surface area contributed by atoms with Crippen LogP contribution in [0.3, 0.4) is 0 Å². The third-order valence-electron chi connectivity index (χ3n) is 3.34. The van der Waals surface area contributed by atoms with Gasteiger partial charge in [-0.05, 0) is 36.4 Å². The lowest BCUT2D eigenvalue weighted by atomic mass is 10.3. The van der Waals surface area contributed by atoms with Crippen molar-refractivity contribution in [2.75, 3.05) is 6.66 Å². The fraction of sp³-hybridized carbons (Fsp3) is 0.100. The zero-order valence-electron chi connectivity index (χ0n) is 16.1. The van der Waals surface area contributed by atoms with Crippen molar-refractivity contribution in [3.63, 3.8) is 0 Å². The lowest BCUT2D eigenvalue weighted by Gasteiger charge is -2.19. The molecule has 0 bridgehead atoms. The molecule has 166 valence electrons. The lowest BCUT2D eigenvalue weighted by Crippen LogP contribution is -2.21. The van der Waals surface area contributed by atoms with Crippen LogP contribution < -0.4 is 13.6 Å². The molecule has 0 amide bonds. The average Bonchev–Trinajstić information content (AvgIpc) is 2.69. The molecule has 0 atom stereocenters. The van der Waals surface area contributed by atoms with Gasteiger partial charge in [0.05, 0.1) is 0 Å². The van der Waals surface area contributed by atoms with Crippen LogP contribution in [0.2, 0.25) is 0 Å². The Morgan fingerprint density at radius 1 is 0.677 bits per heavy atom. The summed E-state index contributed by atoms with van der Waals surface area (Å²) in [6.45, 7) is 1.86. The fourth-order valence-electron chi connectivity index (χ4n) is 2.07. The Hall–Kier alpha value is -2.81. The normalized spacial score (nSPS) is 11.6. The molecule has 31 heavy (non-hydrogen) atoms. The van der Waals surface area contributed by atoms with Gasteiger partial charge in [0.1, 0.15) is 0 Å². The van der Waals surface area contributed by atoms with E-state index in [1.807, 2.05) is 97.7 Å². The largest absolute Gasteiger partial charge is 0.538 e. The summed E-state index contributed by atoms with van der Waals surface area (Å²) < 4.78 is 75.8. The molecule has 0 aliphatic carbocycles. The van der Waals surface area contributed by atoms with Gasteiger partial charge in [0, 0.05) is 0 Å². The smallest absolute Gasteiger partial charge is 0.279 e. The van der Waals surface area contributed by atoms with Crippen LogP contribution in [0.5, 0.6) is 17.2 Å². The molecular formula is C20H19F3O6PS+. The first-order chi connectivity index (χ1) is 14.5. The lowest BCUT2D eigenvalue weighted by molar-refractivity contribution is -0.0510. The number of halogens is 3. The Balaban J connectivity index is 0.000000366. The summed E-state index contributed by atoms with van der Waals surface area (Å²) in [6.07, 6.45) is 0. The second-order valence-electron chi connectivity index (χ2n) is 5.91. The first kappa shape index (κ1) is 24.5. The number of hydrogen-bond donors (Lipinski definition) is 1. The Labute approximate surface area is 178 Å². The standard InChI is InChI=1S/C19H18O3P.CHF3O3S/c1-23(20-17-11-5-2-6-12-17,21-18-13-7-3-8-14-18)22-19-15-9-4-10-16-19;2-1(3,4)8(5,6)7/h2-16H,1H3;(H,5,6,7)/q+1;. The van der Waals surface area contributed by atoms with Crippen molar-refractivity contribution in [1.82, 2.24) is 0 Å². The fourth-order valence-corrected chi connectivity index (χ4v) is 3.70. The van der Waals surface area contributed by atoms with Crippen molar-refractivity contribution in [2.24, 2.45) is 0 Å². The van der Waals surface area contributed by atoms with E-state index in [4.69, 9.17) is 26.5 Å². The van der Waals surface area contributed by atoms with E-state index in [0.29, 0.717) is 0 Å².